The molecule has 0 fully saturated rings. The molecule has 0 aliphatic heterocycles. The first-order chi connectivity index (χ1) is 7.83. The van der Waals surface area contributed by atoms with Crippen molar-refractivity contribution >= 4 is 28.8 Å². The molecule has 2 heteroatoms. The summed E-state index contributed by atoms with van der Waals surface area (Å²) in [7, 11) is 0. The van der Waals surface area contributed by atoms with E-state index in [1.807, 2.05) is 17.8 Å². The van der Waals surface area contributed by atoms with Crippen molar-refractivity contribution in [1.29, 1.82) is 0 Å². The van der Waals surface area contributed by atoms with Crippen molar-refractivity contribution in [2.75, 3.05) is 5.75 Å². The van der Waals surface area contributed by atoms with Gasteiger partial charge in [-0.05, 0) is 34.2 Å². The third-order valence-electron chi connectivity index (χ3n) is 2.51. The minimum atomic E-state index is 0.501. The molecule has 0 saturated heterocycles. The molecule has 0 spiro atoms. The van der Waals surface area contributed by atoms with E-state index in [0.717, 1.165) is 17.6 Å². The smallest absolute Gasteiger partial charge is 0.124 e. The third-order valence-corrected chi connectivity index (χ3v) is 3.38. The molecule has 16 heavy (non-hydrogen) atoms. The van der Waals surface area contributed by atoms with E-state index in [2.05, 4.69) is 37.3 Å². The lowest BCUT2D eigenvalue weighted by Gasteiger charge is -2.03. The fourth-order valence-electron chi connectivity index (χ4n) is 1.75. The monoisotopic (exact) mass is 230 g/mol. The van der Waals surface area contributed by atoms with E-state index in [1.54, 1.807) is 0 Å². The summed E-state index contributed by atoms with van der Waals surface area (Å²) in [5, 5.41) is 2.45. The molecule has 0 unspecified atom stereocenters. The molecule has 0 aromatic heterocycles. The van der Waals surface area contributed by atoms with Crippen molar-refractivity contribution in [1.82, 2.24) is 0 Å². The second-order valence-electron chi connectivity index (χ2n) is 3.65. The lowest BCUT2D eigenvalue weighted by atomic mass is 10.1. The van der Waals surface area contributed by atoms with Crippen LogP contribution in [0, 0.1) is 0 Å². The maximum atomic E-state index is 10.5. The minimum absolute atomic E-state index is 0.501. The van der Waals surface area contributed by atoms with E-state index in [1.165, 1.54) is 15.7 Å². The van der Waals surface area contributed by atoms with Gasteiger partial charge in [0, 0.05) is 11.3 Å². The summed E-state index contributed by atoms with van der Waals surface area (Å²) in [5.41, 5.74) is 1.08. The fourth-order valence-corrected chi connectivity index (χ4v) is 2.46. The standard InChI is InChI=1S/C14H14OS/c1-2-16-14-6-5-12-4-3-11(7-8-15)9-13(12)10-14/h3-6,8-10H,2,7H2,1H3. The molecule has 2 aromatic rings. The van der Waals surface area contributed by atoms with Crippen LogP contribution in [-0.2, 0) is 11.2 Å². The Morgan fingerprint density at radius 1 is 1.12 bits per heavy atom. The van der Waals surface area contributed by atoms with Gasteiger partial charge >= 0.3 is 0 Å². The van der Waals surface area contributed by atoms with E-state index in [0.29, 0.717) is 6.42 Å². The van der Waals surface area contributed by atoms with Gasteiger partial charge in [-0.1, -0.05) is 31.2 Å². The molecule has 0 aliphatic carbocycles. The molecule has 0 bridgehead atoms. The Morgan fingerprint density at radius 3 is 2.69 bits per heavy atom. The number of hydrogen-bond acceptors (Lipinski definition) is 2. The van der Waals surface area contributed by atoms with Crippen LogP contribution in [0.1, 0.15) is 12.5 Å². The van der Waals surface area contributed by atoms with Crippen LogP contribution in [0.4, 0.5) is 0 Å². The molecule has 0 saturated carbocycles. The molecule has 2 aromatic carbocycles. The summed E-state index contributed by atoms with van der Waals surface area (Å²) in [6.07, 6.45) is 1.45. The highest BCUT2D eigenvalue weighted by Crippen LogP contribution is 2.24. The summed E-state index contributed by atoms with van der Waals surface area (Å²) in [4.78, 5) is 11.8. The second-order valence-corrected chi connectivity index (χ2v) is 4.98. The summed E-state index contributed by atoms with van der Waals surface area (Å²) in [6.45, 7) is 2.15. The Bertz CT molecular complexity index is 505. The topological polar surface area (TPSA) is 17.1 Å². The van der Waals surface area contributed by atoms with Crippen molar-refractivity contribution in [3.63, 3.8) is 0 Å². The van der Waals surface area contributed by atoms with Crippen LogP contribution in [0.5, 0.6) is 0 Å². The zero-order chi connectivity index (χ0) is 11.4. The molecule has 0 aliphatic rings. The highest BCUT2D eigenvalue weighted by atomic mass is 32.2. The number of rotatable bonds is 4. The third kappa shape index (κ3) is 2.45. The van der Waals surface area contributed by atoms with Gasteiger partial charge in [-0.25, -0.2) is 0 Å². The minimum Gasteiger partial charge on any atom is -0.303 e. The normalized spacial score (nSPS) is 10.6. The number of benzene rings is 2. The summed E-state index contributed by atoms with van der Waals surface area (Å²) >= 11 is 1.84. The van der Waals surface area contributed by atoms with E-state index in [4.69, 9.17) is 0 Å². The SMILES string of the molecule is CCSc1ccc2ccc(CC=O)cc2c1. The van der Waals surface area contributed by atoms with Crippen molar-refractivity contribution in [3.8, 4) is 0 Å². The van der Waals surface area contributed by atoms with Crippen LogP contribution in [0.25, 0.3) is 10.8 Å². The van der Waals surface area contributed by atoms with Gasteiger partial charge in [0.25, 0.3) is 0 Å². The van der Waals surface area contributed by atoms with Gasteiger partial charge in [-0.15, -0.1) is 11.8 Å². The van der Waals surface area contributed by atoms with Gasteiger partial charge in [-0.2, -0.15) is 0 Å². The van der Waals surface area contributed by atoms with Gasteiger partial charge in [0.05, 0.1) is 0 Å². The van der Waals surface area contributed by atoms with Crippen LogP contribution in [0.2, 0.25) is 0 Å². The first-order valence-electron chi connectivity index (χ1n) is 5.42. The van der Waals surface area contributed by atoms with Gasteiger partial charge in [-0.3, -0.25) is 0 Å². The molecule has 0 N–H and O–H groups in total. The predicted octanol–water partition coefficient (Wildman–Crippen LogP) is 3.69. The predicted molar refractivity (Wildman–Crippen MR) is 70.1 cm³/mol. The van der Waals surface area contributed by atoms with Crippen molar-refractivity contribution < 1.29 is 4.79 Å². The number of hydrogen-bond donors (Lipinski definition) is 0. The Labute approximate surface area is 99.9 Å². The molecule has 0 heterocycles. The Morgan fingerprint density at radius 2 is 1.94 bits per heavy atom. The van der Waals surface area contributed by atoms with Gasteiger partial charge in [0.1, 0.15) is 6.29 Å². The van der Waals surface area contributed by atoms with Crippen molar-refractivity contribution in [2.24, 2.45) is 0 Å². The fraction of sp³-hybridized carbons (Fsp3) is 0.214. The van der Waals surface area contributed by atoms with Gasteiger partial charge < -0.3 is 4.79 Å². The molecule has 0 amide bonds. The average molecular weight is 230 g/mol. The second kappa shape index (κ2) is 5.17. The zero-order valence-electron chi connectivity index (χ0n) is 9.27. The lowest BCUT2D eigenvalue weighted by Crippen LogP contribution is -1.85. The summed E-state index contributed by atoms with van der Waals surface area (Å²) in [5.74, 6) is 1.08. The molecule has 82 valence electrons. The zero-order valence-corrected chi connectivity index (χ0v) is 10.1. The first-order valence-corrected chi connectivity index (χ1v) is 6.41. The molecule has 1 nitrogen and oxygen atoms in total. The average Bonchev–Trinajstić information content (AvgIpc) is 2.29. The van der Waals surface area contributed by atoms with Crippen LogP contribution in [0.3, 0.4) is 0 Å². The maximum Gasteiger partial charge on any atom is 0.124 e. The van der Waals surface area contributed by atoms with Gasteiger partial charge in [0.2, 0.25) is 0 Å². The van der Waals surface area contributed by atoms with Crippen LogP contribution >= 0.6 is 11.8 Å². The van der Waals surface area contributed by atoms with Crippen molar-refractivity contribution in [3.05, 3.63) is 42.0 Å². The Kier molecular flexibility index (Phi) is 3.62. The lowest BCUT2D eigenvalue weighted by molar-refractivity contribution is -0.107. The molecular weight excluding hydrogens is 216 g/mol. The van der Waals surface area contributed by atoms with Crippen LogP contribution in [0.15, 0.2) is 41.3 Å². The first kappa shape index (κ1) is 11.2. The number of fused-ring (bicyclic) bond motifs is 1. The molecule has 2 rings (SSSR count). The van der Waals surface area contributed by atoms with E-state index in [9.17, 15) is 4.79 Å². The van der Waals surface area contributed by atoms with E-state index in [-0.39, 0.29) is 0 Å². The summed E-state index contributed by atoms with van der Waals surface area (Å²) in [6, 6.07) is 12.7. The Balaban J connectivity index is 2.43. The molecule has 0 radical (unpaired) electrons. The number of thioether (sulfide) groups is 1. The number of carbonyl (C=O) groups is 1. The van der Waals surface area contributed by atoms with E-state index < -0.39 is 0 Å². The molecular formula is C14H14OS. The Hall–Kier alpha value is -1.28. The summed E-state index contributed by atoms with van der Waals surface area (Å²) < 4.78 is 0. The number of aldehydes is 1. The highest BCUT2D eigenvalue weighted by Gasteiger charge is 1.98. The van der Waals surface area contributed by atoms with Crippen LogP contribution in [-0.4, -0.2) is 12.0 Å². The highest BCUT2D eigenvalue weighted by molar-refractivity contribution is 7.99. The van der Waals surface area contributed by atoms with Crippen molar-refractivity contribution in [2.45, 2.75) is 18.2 Å². The van der Waals surface area contributed by atoms with E-state index >= 15 is 0 Å². The molecule has 0 atom stereocenters. The van der Waals surface area contributed by atoms with Crippen LogP contribution < -0.4 is 0 Å². The maximum absolute atomic E-state index is 10.5. The largest absolute Gasteiger partial charge is 0.303 e. The quantitative estimate of drug-likeness (QED) is 0.588. The number of carbonyl (C=O) groups excluding carboxylic acids is 1. The van der Waals surface area contributed by atoms with Gasteiger partial charge in [0.15, 0.2) is 0 Å².